The summed E-state index contributed by atoms with van der Waals surface area (Å²) in [6.07, 6.45) is 0. The lowest BCUT2D eigenvalue weighted by atomic mass is 10.1. The van der Waals surface area contributed by atoms with Gasteiger partial charge in [0.2, 0.25) is 10.0 Å². The number of methoxy groups -OCH3 is 2. The predicted octanol–water partition coefficient (Wildman–Crippen LogP) is 3.14. The second-order valence-electron chi connectivity index (χ2n) is 6.00. The number of carbonyl (C=O) groups is 1. The first-order chi connectivity index (χ1) is 13.8. The fourth-order valence-electron chi connectivity index (χ4n) is 2.65. The highest BCUT2D eigenvalue weighted by atomic mass is 32.2. The highest BCUT2D eigenvalue weighted by molar-refractivity contribution is 7.92. The summed E-state index contributed by atoms with van der Waals surface area (Å²) in [5, 5.41) is 2.77. The average molecular weight is 423 g/mol. The van der Waals surface area contributed by atoms with Crippen molar-refractivity contribution >= 4 is 27.3 Å². The maximum Gasteiger partial charge on any atom is 0.257 e. The standard InChI is InChI=1S/C20H26N2O6S/c1-6-28-15-10-8-14(9-11-15)21-20(23)16-12-18(26-4)19(27-5)13-17(16)22(3)29(24,25)7-2/h8-13H,6-7H2,1-5H3,(H,21,23). The zero-order valence-electron chi connectivity index (χ0n) is 17.2. The van der Waals surface area contributed by atoms with Crippen LogP contribution in [-0.2, 0) is 10.0 Å². The Morgan fingerprint density at radius 2 is 1.62 bits per heavy atom. The molecule has 1 N–H and O–H groups in total. The van der Waals surface area contributed by atoms with Crippen molar-refractivity contribution in [3.05, 3.63) is 42.0 Å². The number of nitrogens with zero attached hydrogens (tertiary/aromatic N) is 1. The number of hydrogen-bond acceptors (Lipinski definition) is 6. The highest BCUT2D eigenvalue weighted by Crippen LogP contribution is 2.36. The molecule has 0 aliphatic heterocycles. The van der Waals surface area contributed by atoms with Gasteiger partial charge in [-0.1, -0.05) is 0 Å². The second-order valence-corrected chi connectivity index (χ2v) is 8.29. The molecule has 0 aliphatic carbocycles. The van der Waals surface area contributed by atoms with Crippen LogP contribution in [0.5, 0.6) is 17.2 Å². The van der Waals surface area contributed by atoms with Crippen molar-refractivity contribution in [1.82, 2.24) is 0 Å². The van der Waals surface area contributed by atoms with Crippen molar-refractivity contribution in [2.75, 3.05) is 43.2 Å². The van der Waals surface area contributed by atoms with Crippen molar-refractivity contribution in [1.29, 1.82) is 0 Å². The minimum Gasteiger partial charge on any atom is -0.494 e. The second kappa shape index (κ2) is 9.51. The summed E-state index contributed by atoms with van der Waals surface area (Å²) in [6, 6.07) is 9.81. The molecule has 0 unspecified atom stereocenters. The van der Waals surface area contributed by atoms with Gasteiger partial charge in [-0.15, -0.1) is 0 Å². The number of hydrogen-bond donors (Lipinski definition) is 1. The molecule has 0 saturated heterocycles. The number of sulfonamides is 1. The molecule has 0 atom stereocenters. The topological polar surface area (TPSA) is 94.2 Å². The number of anilines is 2. The molecular formula is C20H26N2O6S. The minimum absolute atomic E-state index is 0.113. The monoisotopic (exact) mass is 422 g/mol. The summed E-state index contributed by atoms with van der Waals surface area (Å²) in [5.74, 6) is 0.723. The van der Waals surface area contributed by atoms with Gasteiger partial charge in [0, 0.05) is 18.8 Å². The molecule has 0 aliphatic rings. The Hall–Kier alpha value is -2.94. The minimum atomic E-state index is -3.60. The Kier molecular flexibility index (Phi) is 7.33. The van der Waals surface area contributed by atoms with Gasteiger partial charge < -0.3 is 19.5 Å². The van der Waals surface area contributed by atoms with Crippen molar-refractivity contribution in [3.8, 4) is 17.2 Å². The van der Waals surface area contributed by atoms with E-state index in [4.69, 9.17) is 14.2 Å². The van der Waals surface area contributed by atoms with Gasteiger partial charge in [-0.2, -0.15) is 0 Å². The fourth-order valence-corrected chi connectivity index (χ4v) is 3.49. The number of benzene rings is 2. The molecular weight excluding hydrogens is 396 g/mol. The number of nitrogens with one attached hydrogen (secondary N) is 1. The number of carbonyl (C=O) groups excluding carboxylic acids is 1. The van der Waals surface area contributed by atoms with Crippen LogP contribution in [0.3, 0.4) is 0 Å². The first-order valence-electron chi connectivity index (χ1n) is 9.04. The molecule has 0 saturated carbocycles. The summed E-state index contributed by atoms with van der Waals surface area (Å²) in [6.45, 7) is 3.96. The third kappa shape index (κ3) is 5.11. The van der Waals surface area contributed by atoms with Gasteiger partial charge in [0.05, 0.1) is 37.8 Å². The smallest absolute Gasteiger partial charge is 0.257 e. The Bertz CT molecular complexity index is 958. The molecule has 2 aromatic carbocycles. The lowest BCUT2D eigenvalue weighted by Gasteiger charge is -2.23. The molecule has 9 heteroatoms. The van der Waals surface area contributed by atoms with Crippen LogP contribution in [0.15, 0.2) is 36.4 Å². The van der Waals surface area contributed by atoms with E-state index < -0.39 is 15.9 Å². The van der Waals surface area contributed by atoms with Gasteiger partial charge >= 0.3 is 0 Å². The summed E-state index contributed by atoms with van der Waals surface area (Å²) in [4.78, 5) is 13.0. The summed E-state index contributed by atoms with van der Waals surface area (Å²) in [7, 11) is 0.683. The van der Waals surface area contributed by atoms with E-state index in [0.717, 1.165) is 4.31 Å². The Balaban J connectivity index is 2.46. The van der Waals surface area contributed by atoms with Crippen molar-refractivity contribution in [3.63, 3.8) is 0 Å². The molecule has 0 spiro atoms. The zero-order valence-corrected chi connectivity index (χ0v) is 18.0. The van der Waals surface area contributed by atoms with Crippen LogP contribution in [0.2, 0.25) is 0 Å². The fraction of sp³-hybridized carbons (Fsp3) is 0.350. The Labute approximate surface area is 171 Å². The quantitative estimate of drug-likeness (QED) is 0.667. The van der Waals surface area contributed by atoms with Gasteiger partial charge in [-0.05, 0) is 44.2 Å². The van der Waals surface area contributed by atoms with Crippen LogP contribution in [0.1, 0.15) is 24.2 Å². The molecule has 29 heavy (non-hydrogen) atoms. The molecule has 0 bridgehead atoms. The van der Waals surface area contributed by atoms with Crippen LogP contribution >= 0.6 is 0 Å². The summed E-state index contributed by atoms with van der Waals surface area (Å²) >= 11 is 0. The van der Waals surface area contributed by atoms with E-state index in [0.29, 0.717) is 29.5 Å². The molecule has 2 aromatic rings. The van der Waals surface area contributed by atoms with E-state index in [-0.39, 0.29) is 17.0 Å². The van der Waals surface area contributed by atoms with Crippen LogP contribution in [-0.4, -0.2) is 48.0 Å². The third-order valence-corrected chi connectivity index (χ3v) is 6.05. The largest absolute Gasteiger partial charge is 0.494 e. The van der Waals surface area contributed by atoms with Crippen molar-refractivity contribution in [2.24, 2.45) is 0 Å². The maximum absolute atomic E-state index is 13.0. The SMILES string of the molecule is CCOc1ccc(NC(=O)c2cc(OC)c(OC)cc2N(C)S(=O)(=O)CC)cc1. The molecule has 0 heterocycles. The van der Waals surface area contributed by atoms with E-state index >= 15 is 0 Å². The number of ether oxygens (including phenoxy) is 3. The van der Waals surface area contributed by atoms with Crippen LogP contribution in [0.25, 0.3) is 0 Å². The number of rotatable bonds is 9. The van der Waals surface area contributed by atoms with Gasteiger partial charge in [-0.25, -0.2) is 8.42 Å². The van der Waals surface area contributed by atoms with E-state index in [1.54, 1.807) is 24.3 Å². The number of amides is 1. The Morgan fingerprint density at radius 1 is 1.03 bits per heavy atom. The normalized spacial score (nSPS) is 10.9. The van der Waals surface area contributed by atoms with E-state index in [1.165, 1.54) is 40.3 Å². The summed E-state index contributed by atoms with van der Waals surface area (Å²) < 4.78 is 41.8. The van der Waals surface area contributed by atoms with Gasteiger partial charge in [0.15, 0.2) is 11.5 Å². The Morgan fingerprint density at radius 3 is 2.14 bits per heavy atom. The lowest BCUT2D eigenvalue weighted by molar-refractivity contribution is 0.102. The lowest BCUT2D eigenvalue weighted by Crippen LogP contribution is -2.30. The highest BCUT2D eigenvalue weighted by Gasteiger charge is 2.25. The molecule has 0 aromatic heterocycles. The molecule has 0 fully saturated rings. The molecule has 0 radical (unpaired) electrons. The van der Waals surface area contributed by atoms with E-state index in [1.807, 2.05) is 6.92 Å². The first-order valence-corrected chi connectivity index (χ1v) is 10.6. The molecule has 158 valence electrons. The molecule has 1 amide bonds. The van der Waals surface area contributed by atoms with Gasteiger partial charge in [0.25, 0.3) is 5.91 Å². The van der Waals surface area contributed by atoms with Crippen LogP contribution < -0.4 is 23.8 Å². The van der Waals surface area contributed by atoms with Crippen LogP contribution in [0, 0.1) is 0 Å². The predicted molar refractivity (Wildman–Crippen MR) is 113 cm³/mol. The summed E-state index contributed by atoms with van der Waals surface area (Å²) in [5.41, 5.74) is 0.865. The van der Waals surface area contributed by atoms with Gasteiger partial charge in [-0.3, -0.25) is 9.10 Å². The van der Waals surface area contributed by atoms with E-state index in [9.17, 15) is 13.2 Å². The molecule has 2 rings (SSSR count). The average Bonchev–Trinajstić information content (AvgIpc) is 2.73. The zero-order chi connectivity index (χ0) is 21.6. The van der Waals surface area contributed by atoms with Crippen LogP contribution in [0.4, 0.5) is 11.4 Å². The first kappa shape index (κ1) is 22.4. The van der Waals surface area contributed by atoms with E-state index in [2.05, 4.69) is 5.32 Å². The van der Waals surface area contributed by atoms with Crippen molar-refractivity contribution < 1.29 is 27.4 Å². The van der Waals surface area contributed by atoms with Crippen molar-refractivity contribution in [2.45, 2.75) is 13.8 Å². The maximum atomic E-state index is 13.0. The third-order valence-electron chi connectivity index (χ3n) is 4.29. The molecule has 8 nitrogen and oxygen atoms in total. The van der Waals surface area contributed by atoms with Gasteiger partial charge in [0.1, 0.15) is 5.75 Å².